The van der Waals surface area contributed by atoms with Crippen LogP contribution in [0.25, 0.3) is 6.08 Å². The number of allylic oxidation sites excluding steroid dienone is 2. The number of carbonyl (C=O) groups is 5. The number of unbranched alkanes of at least 4 members (excludes halogenated alkanes) is 2. The molecule has 0 bridgehead atoms. The van der Waals surface area contributed by atoms with E-state index in [4.69, 9.17) is 9.47 Å². The number of hydrogen-bond acceptors (Lipinski definition) is 8. The summed E-state index contributed by atoms with van der Waals surface area (Å²) in [5.41, 5.74) is 5.71. The van der Waals surface area contributed by atoms with Crippen molar-refractivity contribution < 1.29 is 33.4 Å². The number of barbiturate groups is 1. The molecule has 0 aromatic heterocycles. The summed E-state index contributed by atoms with van der Waals surface area (Å²) >= 11 is 0. The number of hydrogen-bond donors (Lipinski definition) is 0. The van der Waals surface area contributed by atoms with Gasteiger partial charge in [0.05, 0.1) is 12.8 Å². The highest BCUT2D eigenvalue weighted by molar-refractivity contribution is 6.30. The van der Waals surface area contributed by atoms with Gasteiger partial charge in [0.2, 0.25) is 0 Å². The molecule has 1 aromatic carbocycles. The first-order chi connectivity index (χ1) is 42.5. The number of benzene rings is 1. The molecule has 4 amide bonds. The monoisotopic (exact) mass is 1220 g/mol. The van der Waals surface area contributed by atoms with Crippen LogP contribution in [0.3, 0.4) is 0 Å². The van der Waals surface area contributed by atoms with E-state index in [1.165, 1.54) is 111 Å². The molecule has 7 fully saturated rings. The van der Waals surface area contributed by atoms with Crippen LogP contribution in [0.2, 0.25) is 0 Å². The number of nitrogens with zero attached hydrogens (tertiary/aromatic N) is 3. The highest BCUT2D eigenvalue weighted by Crippen LogP contribution is 2.69. The van der Waals surface area contributed by atoms with E-state index in [9.17, 15) is 24.0 Å². The molecule has 89 heavy (non-hydrogen) atoms. The molecule has 0 spiro atoms. The number of imide groups is 2. The second-order valence-corrected chi connectivity index (χ2v) is 32.8. The van der Waals surface area contributed by atoms with Gasteiger partial charge < -0.3 is 14.4 Å². The SMILES string of the molecule is CCCCN1C(=O)C(=Cc2ccc(N(CCC(=O)O[C@H]3CC[C@@]4(C)C(=CC[C@H]5[C@@H]6CC[C@H]([C@H](C)CCCC(C)C)[C@@]6(C)CC[C@@H]54)C3)CCC(=O)O[C@H]3CC[C@@]4(C)C(=CC[C@H]5[C@@H]6CC[C@H]([C@H](C)CCCC(C)C)[C@@]6(C)CC[C@@H]54)C3)cc2)C(=O)N(CCCC)C1=O. The van der Waals surface area contributed by atoms with E-state index >= 15 is 0 Å². The predicted octanol–water partition coefficient (Wildman–Crippen LogP) is 19.0. The number of esters is 2. The van der Waals surface area contributed by atoms with E-state index in [2.05, 4.69) is 86.3 Å². The minimum Gasteiger partial charge on any atom is -0.462 e. The fourth-order valence-electron chi connectivity index (χ4n) is 21.6. The topological polar surface area (TPSA) is 114 Å². The van der Waals surface area contributed by atoms with Crippen LogP contribution in [0.4, 0.5) is 10.5 Å². The number of ether oxygens (including phenoxy) is 2. The Hall–Kier alpha value is -4.21. The molecule has 0 radical (unpaired) electrons. The molecule has 16 atom stereocenters. The molecule has 8 aliphatic carbocycles. The second-order valence-electron chi connectivity index (χ2n) is 32.8. The Kier molecular flexibility index (Phi) is 21.7. The molecular weight excluding hydrogens is 1100 g/mol. The largest absolute Gasteiger partial charge is 0.462 e. The van der Waals surface area contributed by atoms with Crippen LogP contribution in [0.5, 0.6) is 0 Å². The minimum absolute atomic E-state index is 0.0197. The van der Waals surface area contributed by atoms with Gasteiger partial charge in [-0.15, -0.1) is 0 Å². The maximum atomic E-state index is 14.1. The minimum atomic E-state index is -0.560. The number of fused-ring (bicyclic) bond motifs is 10. The van der Waals surface area contributed by atoms with E-state index in [-0.39, 0.29) is 66.5 Å². The van der Waals surface area contributed by atoms with Crippen molar-refractivity contribution in [3.8, 4) is 0 Å². The van der Waals surface area contributed by atoms with Gasteiger partial charge in [-0.3, -0.25) is 29.0 Å². The molecule has 10 heteroatoms. The van der Waals surface area contributed by atoms with E-state index in [0.717, 1.165) is 129 Å². The van der Waals surface area contributed by atoms with Gasteiger partial charge in [-0.2, -0.15) is 0 Å². The van der Waals surface area contributed by atoms with Gasteiger partial charge in [0.25, 0.3) is 11.8 Å². The lowest BCUT2D eigenvalue weighted by atomic mass is 9.47. The van der Waals surface area contributed by atoms with Crippen molar-refractivity contribution in [2.24, 2.45) is 92.7 Å². The third kappa shape index (κ3) is 14.0. The van der Waals surface area contributed by atoms with Crippen molar-refractivity contribution in [2.45, 2.75) is 275 Å². The zero-order chi connectivity index (χ0) is 63.6. The molecule has 1 aromatic rings. The molecule has 1 saturated heterocycles. The number of carbonyl (C=O) groups excluding carboxylic acids is 5. The van der Waals surface area contributed by atoms with Gasteiger partial charge in [0.15, 0.2) is 0 Å². The van der Waals surface area contributed by atoms with E-state index in [1.807, 2.05) is 38.1 Å². The standard InChI is InChI=1S/C79H121N3O7/c1-13-15-45-81-73(85)64(74(86)82(75(81)87)46-16-14-2)49-56-23-27-59(28-24-56)80(47-39-71(83)88-60-35-41-76(9)57(50-60)25-29-62-67-33-31-65(54(7)21-17-19-52(3)4)78(67,11)43-37-69(62)76)48-40-72(84)89-61-36-42-77(10)58(51-61)26-30-63-68-34-32-66(55(8)22-18-20-53(5)6)79(68,12)44-38-70(63)77/h23-28,49,52-55,60-63,65-70H,13-22,29-48,50-51H2,1-12H3/t54-,55-,60+,61+,62+,63+,65-,66-,67+,68+,69+,70+,76+,77+,78-,79-/m1/s1. The lowest BCUT2D eigenvalue weighted by Gasteiger charge is -2.58. The second kappa shape index (κ2) is 28.6. The summed E-state index contributed by atoms with van der Waals surface area (Å²) in [6, 6.07) is 7.09. The number of rotatable bonds is 26. The van der Waals surface area contributed by atoms with Gasteiger partial charge in [0.1, 0.15) is 17.8 Å². The van der Waals surface area contributed by atoms with Gasteiger partial charge >= 0.3 is 18.0 Å². The Labute approximate surface area is 539 Å². The molecule has 10 rings (SSSR count). The van der Waals surface area contributed by atoms with Gasteiger partial charge in [0, 0.05) is 44.7 Å². The molecule has 6 saturated carbocycles. The Morgan fingerprint density at radius 2 is 1.00 bits per heavy atom. The number of anilines is 1. The quantitative estimate of drug-likeness (QED) is 0.0390. The summed E-state index contributed by atoms with van der Waals surface area (Å²) in [5.74, 6) is 7.81. The first-order valence-electron chi connectivity index (χ1n) is 37.0. The summed E-state index contributed by atoms with van der Waals surface area (Å²) in [7, 11) is 0. The average molecular weight is 1220 g/mol. The Morgan fingerprint density at radius 3 is 1.42 bits per heavy atom. The maximum Gasteiger partial charge on any atom is 0.333 e. The average Bonchev–Trinajstić information content (AvgIpc) is 1.71. The van der Waals surface area contributed by atoms with E-state index in [0.29, 0.717) is 54.2 Å². The summed E-state index contributed by atoms with van der Waals surface area (Å²) in [6.07, 6.45) is 36.7. The van der Waals surface area contributed by atoms with E-state index in [1.54, 1.807) is 6.08 Å². The van der Waals surface area contributed by atoms with Gasteiger partial charge in [-0.05, 0) is 219 Å². The number of urea groups is 1. The molecule has 9 aliphatic rings. The summed E-state index contributed by atoms with van der Waals surface area (Å²) in [4.78, 5) is 73.9. The van der Waals surface area contributed by atoms with Crippen LogP contribution >= 0.6 is 0 Å². The molecule has 494 valence electrons. The van der Waals surface area contributed by atoms with Crippen LogP contribution in [-0.2, 0) is 28.7 Å². The van der Waals surface area contributed by atoms with Crippen LogP contribution in [0.1, 0.15) is 268 Å². The van der Waals surface area contributed by atoms with E-state index < -0.39 is 17.8 Å². The van der Waals surface area contributed by atoms with Crippen LogP contribution < -0.4 is 4.90 Å². The zero-order valence-corrected chi connectivity index (χ0v) is 58.0. The summed E-state index contributed by atoms with van der Waals surface area (Å²) in [5, 5.41) is 0. The van der Waals surface area contributed by atoms with Crippen molar-refractivity contribution >= 4 is 41.5 Å². The molecule has 10 nitrogen and oxygen atoms in total. The maximum absolute atomic E-state index is 14.1. The van der Waals surface area contributed by atoms with Crippen molar-refractivity contribution in [1.29, 1.82) is 0 Å². The van der Waals surface area contributed by atoms with Crippen LogP contribution in [-0.4, -0.2) is 78.0 Å². The smallest absolute Gasteiger partial charge is 0.333 e. The summed E-state index contributed by atoms with van der Waals surface area (Å²) in [6.45, 7) is 30.3. The Balaban J connectivity index is 0.787. The molecule has 1 aliphatic heterocycles. The fourth-order valence-corrected chi connectivity index (χ4v) is 21.6. The van der Waals surface area contributed by atoms with Gasteiger partial charge in [-0.25, -0.2) is 4.79 Å². The van der Waals surface area contributed by atoms with Crippen molar-refractivity contribution in [3.05, 3.63) is 58.7 Å². The first-order valence-corrected chi connectivity index (χ1v) is 37.0. The molecular formula is C79H121N3O7. The van der Waals surface area contributed by atoms with Crippen LogP contribution in [0.15, 0.2) is 53.1 Å². The predicted molar refractivity (Wildman–Crippen MR) is 360 cm³/mol. The van der Waals surface area contributed by atoms with Gasteiger partial charge in [-0.1, -0.05) is 170 Å². The molecule has 0 N–H and O–H groups in total. The molecule has 0 unspecified atom stereocenters. The Morgan fingerprint density at radius 1 is 0.562 bits per heavy atom. The van der Waals surface area contributed by atoms with Crippen LogP contribution in [0, 0.1) is 92.7 Å². The van der Waals surface area contributed by atoms with Crippen molar-refractivity contribution in [3.63, 3.8) is 0 Å². The molecule has 1 heterocycles. The third-order valence-electron chi connectivity index (χ3n) is 26.7. The Bertz CT molecular complexity index is 2600. The zero-order valence-electron chi connectivity index (χ0n) is 58.0. The van der Waals surface area contributed by atoms with Crippen molar-refractivity contribution in [2.75, 3.05) is 31.1 Å². The highest BCUT2D eigenvalue weighted by atomic mass is 16.5. The first kappa shape index (κ1) is 67.7. The van der Waals surface area contributed by atoms with Crippen molar-refractivity contribution in [1.82, 2.24) is 9.80 Å². The lowest BCUT2D eigenvalue weighted by molar-refractivity contribution is -0.151. The fraction of sp³-hybridized carbons (Fsp3) is 0.785. The number of amides is 4. The normalized spacial score (nSPS) is 34.8. The lowest BCUT2D eigenvalue weighted by Crippen LogP contribution is -2.56. The summed E-state index contributed by atoms with van der Waals surface area (Å²) < 4.78 is 12.9. The highest BCUT2D eigenvalue weighted by Gasteiger charge is 2.61. The third-order valence-corrected chi connectivity index (χ3v) is 26.7.